The molecule has 0 radical (unpaired) electrons. The van der Waals surface area contributed by atoms with Gasteiger partial charge in [0.05, 0.1) is 12.7 Å². The van der Waals surface area contributed by atoms with E-state index >= 15 is 0 Å². The zero-order valence-electron chi connectivity index (χ0n) is 15.7. The smallest absolute Gasteiger partial charge is 0.287 e. The number of Topliss-reactive ketones (excluding diaryl/α,β-unsaturated/α-hetero) is 1. The van der Waals surface area contributed by atoms with Crippen LogP contribution in [0.1, 0.15) is 46.8 Å². The summed E-state index contributed by atoms with van der Waals surface area (Å²) in [7, 11) is 0. The Kier molecular flexibility index (Phi) is 8.51. The highest BCUT2D eigenvalue weighted by molar-refractivity contribution is 5.96. The van der Waals surface area contributed by atoms with Gasteiger partial charge in [-0.05, 0) is 25.0 Å². The number of aromatic amines is 1. The first-order valence-corrected chi connectivity index (χ1v) is 9.16. The highest BCUT2D eigenvalue weighted by Gasteiger charge is 2.14. The number of nitrogens with zero attached hydrogens (tertiary/aromatic N) is 2. The molecule has 1 amide bonds. The van der Waals surface area contributed by atoms with Crippen molar-refractivity contribution in [3.8, 4) is 5.75 Å². The molecule has 9 nitrogen and oxygen atoms in total. The van der Waals surface area contributed by atoms with E-state index in [1.54, 1.807) is 0 Å². The Labute approximate surface area is 163 Å². The van der Waals surface area contributed by atoms with Crippen molar-refractivity contribution in [2.75, 3.05) is 19.7 Å². The number of amides is 1. The van der Waals surface area contributed by atoms with Crippen LogP contribution < -0.4 is 21.5 Å². The molecule has 0 aliphatic heterocycles. The van der Waals surface area contributed by atoms with Crippen LogP contribution in [0.2, 0.25) is 0 Å². The SMILES string of the molecule is NC(N)=NCCCCCC(=O)c1cnc(C(=O)NCCOc2ccccc2)[nH]1. The van der Waals surface area contributed by atoms with Crippen LogP contribution in [0.4, 0.5) is 0 Å². The summed E-state index contributed by atoms with van der Waals surface area (Å²) in [6, 6.07) is 9.33. The maximum atomic E-state index is 12.1. The molecule has 1 aromatic heterocycles. The highest BCUT2D eigenvalue weighted by atomic mass is 16.5. The standard InChI is InChI=1S/C19H26N6O3/c20-19(21)23-10-6-2-5-9-16(26)15-13-24-17(25-15)18(27)22-11-12-28-14-7-3-1-4-8-14/h1,3-4,7-8,13H,2,5-6,9-12H2,(H,22,27)(H,24,25)(H4,20,21,23). The summed E-state index contributed by atoms with van der Waals surface area (Å²) < 4.78 is 5.50. The molecule has 2 rings (SSSR count). The number of ketones is 1. The molecule has 0 aliphatic carbocycles. The first kappa shape index (κ1) is 20.9. The van der Waals surface area contributed by atoms with E-state index in [-0.39, 0.29) is 23.5 Å². The summed E-state index contributed by atoms with van der Waals surface area (Å²) in [5.41, 5.74) is 10.8. The number of imidazole rings is 1. The van der Waals surface area contributed by atoms with E-state index in [9.17, 15) is 9.59 Å². The average molecular weight is 386 g/mol. The molecule has 0 saturated carbocycles. The third-order valence-electron chi connectivity index (χ3n) is 3.85. The number of para-hydroxylation sites is 1. The van der Waals surface area contributed by atoms with Crippen LogP contribution in [0.5, 0.6) is 5.75 Å². The van der Waals surface area contributed by atoms with E-state index in [1.807, 2.05) is 30.3 Å². The van der Waals surface area contributed by atoms with Crippen LogP contribution in [0.25, 0.3) is 0 Å². The maximum Gasteiger partial charge on any atom is 0.287 e. The Morgan fingerprint density at radius 3 is 2.68 bits per heavy atom. The number of unbranched alkanes of at least 4 members (excludes halogenated alkanes) is 2. The lowest BCUT2D eigenvalue weighted by atomic mass is 10.1. The molecular formula is C19H26N6O3. The predicted octanol–water partition coefficient (Wildman–Crippen LogP) is 1.23. The van der Waals surface area contributed by atoms with Gasteiger partial charge >= 0.3 is 0 Å². The number of guanidine groups is 1. The number of hydrogen-bond donors (Lipinski definition) is 4. The second kappa shape index (κ2) is 11.4. The fraction of sp³-hybridized carbons (Fsp3) is 0.368. The van der Waals surface area contributed by atoms with E-state index in [2.05, 4.69) is 20.3 Å². The minimum absolute atomic E-state index is 0.0750. The quantitative estimate of drug-likeness (QED) is 0.187. The van der Waals surface area contributed by atoms with Gasteiger partial charge in [0, 0.05) is 13.0 Å². The summed E-state index contributed by atoms with van der Waals surface area (Å²) >= 11 is 0. The molecule has 2 aromatic rings. The van der Waals surface area contributed by atoms with Crippen molar-refractivity contribution in [1.82, 2.24) is 15.3 Å². The Morgan fingerprint density at radius 2 is 1.93 bits per heavy atom. The molecule has 1 heterocycles. The molecule has 6 N–H and O–H groups in total. The molecule has 150 valence electrons. The molecule has 0 fully saturated rings. The van der Waals surface area contributed by atoms with Crippen molar-refractivity contribution in [2.45, 2.75) is 25.7 Å². The summed E-state index contributed by atoms with van der Waals surface area (Å²) in [5, 5.41) is 2.70. The van der Waals surface area contributed by atoms with Gasteiger partial charge in [0.1, 0.15) is 18.1 Å². The van der Waals surface area contributed by atoms with E-state index in [1.165, 1.54) is 6.20 Å². The number of benzene rings is 1. The number of aromatic nitrogens is 2. The minimum atomic E-state index is -0.382. The van der Waals surface area contributed by atoms with Gasteiger partial charge in [0.2, 0.25) is 0 Å². The molecule has 9 heteroatoms. The molecule has 0 bridgehead atoms. The number of hydrogen-bond acceptors (Lipinski definition) is 5. The van der Waals surface area contributed by atoms with Gasteiger partial charge < -0.3 is 26.5 Å². The Morgan fingerprint density at radius 1 is 1.14 bits per heavy atom. The van der Waals surface area contributed by atoms with Crippen LogP contribution in [0.15, 0.2) is 41.5 Å². The fourth-order valence-electron chi connectivity index (χ4n) is 2.43. The van der Waals surface area contributed by atoms with E-state index in [0.717, 1.165) is 25.0 Å². The van der Waals surface area contributed by atoms with Crippen LogP contribution >= 0.6 is 0 Å². The zero-order chi connectivity index (χ0) is 20.2. The van der Waals surface area contributed by atoms with Crippen molar-refractivity contribution in [3.63, 3.8) is 0 Å². The first-order valence-electron chi connectivity index (χ1n) is 9.16. The van der Waals surface area contributed by atoms with Crippen molar-refractivity contribution in [2.24, 2.45) is 16.5 Å². The Balaban J connectivity index is 1.66. The summed E-state index contributed by atoms with van der Waals surface area (Å²) in [5.74, 6) is 0.455. The second-order valence-corrected chi connectivity index (χ2v) is 6.10. The van der Waals surface area contributed by atoms with Gasteiger partial charge in [-0.15, -0.1) is 0 Å². The summed E-state index contributed by atoms with van der Waals surface area (Å²) in [6.07, 6.45) is 4.13. The van der Waals surface area contributed by atoms with Gasteiger partial charge in [0.25, 0.3) is 5.91 Å². The number of carbonyl (C=O) groups excluding carboxylic acids is 2. The lowest BCUT2D eigenvalue weighted by Crippen LogP contribution is -2.29. The van der Waals surface area contributed by atoms with Gasteiger partial charge in [-0.1, -0.05) is 24.6 Å². The molecule has 0 spiro atoms. The average Bonchev–Trinajstić information content (AvgIpc) is 3.18. The molecular weight excluding hydrogens is 360 g/mol. The largest absolute Gasteiger partial charge is 0.492 e. The van der Waals surface area contributed by atoms with Crippen LogP contribution in [-0.4, -0.2) is 47.3 Å². The third-order valence-corrected chi connectivity index (χ3v) is 3.85. The topological polar surface area (TPSA) is 148 Å². The minimum Gasteiger partial charge on any atom is -0.492 e. The van der Waals surface area contributed by atoms with Crippen molar-refractivity contribution in [3.05, 3.63) is 48.0 Å². The van der Waals surface area contributed by atoms with Crippen molar-refractivity contribution in [1.29, 1.82) is 0 Å². The lowest BCUT2D eigenvalue weighted by Gasteiger charge is -2.06. The number of nitrogens with one attached hydrogen (secondary N) is 2. The maximum absolute atomic E-state index is 12.1. The fourth-order valence-corrected chi connectivity index (χ4v) is 2.43. The van der Waals surface area contributed by atoms with Gasteiger partial charge in [-0.25, -0.2) is 4.98 Å². The van der Waals surface area contributed by atoms with Crippen LogP contribution in [-0.2, 0) is 0 Å². The molecule has 0 aliphatic rings. The number of H-pyrrole nitrogens is 1. The lowest BCUT2D eigenvalue weighted by molar-refractivity contribution is 0.0937. The van der Waals surface area contributed by atoms with Crippen LogP contribution in [0.3, 0.4) is 0 Å². The van der Waals surface area contributed by atoms with Gasteiger partial charge in [-0.2, -0.15) is 0 Å². The number of nitrogens with two attached hydrogens (primary N) is 2. The number of ether oxygens (including phenoxy) is 1. The van der Waals surface area contributed by atoms with Crippen molar-refractivity contribution < 1.29 is 14.3 Å². The first-order chi connectivity index (χ1) is 13.6. The molecule has 1 aromatic carbocycles. The van der Waals surface area contributed by atoms with Crippen molar-refractivity contribution >= 4 is 17.6 Å². The van der Waals surface area contributed by atoms with Gasteiger partial charge in [0.15, 0.2) is 17.6 Å². The normalized spacial score (nSPS) is 10.3. The number of aliphatic imine (C=N–C) groups is 1. The molecule has 0 saturated heterocycles. The number of carbonyl (C=O) groups is 2. The highest BCUT2D eigenvalue weighted by Crippen LogP contribution is 2.08. The van der Waals surface area contributed by atoms with Crippen LogP contribution in [0, 0.1) is 0 Å². The predicted molar refractivity (Wildman–Crippen MR) is 106 cm³/mol. The molecule has 0 atom stereocenters. The van der Waals surface area contributed by atoms with Gasteiger partial charge in [-0.3, -0.25) is 14.6 Å². The Bertz CT molecular complexity index is 784. The van der Waals surface area contributed by atoms with E-state index < -0.39 is 0 Å². The summed E-state index contributed by atoms with van der Waals surface area (Å²) in [4.78, 5) is 34.9. The Hall–Kier alpha value is -3.36. The molecule has 28 heavy (non-hydrogen) atoms. The second-order valence-electron chi connectivity index (χ2n) is 6.10. The molecule has 0 unspecified atom stereocenters. The monoisotopic (exact) mass is 386 g/mol. The van der Waals surface area contributed by atoms with E-state index in [0.29, 0.717) is 31.8 Å². The third kappa shape index (κ3) is 7.48. The van der Waals surface area contributed by atoms with E-state index in [4.69, 9.17) is 16.2 Å². The summed E-state index contributed by atoms with van der Waals surface area (Å²) in [6.45, 7) is 1.22. The number of rotatable bonds is 12. The zero-order valence-corrected chi connectivity index (χ0v) is 15.7.